The summed E-state index contributed by atoms with van der Waals surface area (Å²) in [4.78, 5) is 18.3. The summed E-state index contributed by atoms with van der Waals surface area (Å²) in [6.45, 7) is 4.65. The molecular formula is C15H17BrN4O2. The van der Waals surface area contributed by atoms with Crippen molar-refractivity contribution >= 4 is 22.0 Å². The Labute approximate surface area is 137 Å². The van der Waals surface area contributed by atoms with Gasteiger partial charge in [0.05, 0.1) is 6.54 Å². The molecule has 1 atom stereocenters. The largest absolute Gasteiger partial charge is 0.337 e. The number of benzene rings is 1. The van der Waals surface area contributed by atoms with Crippen molar-refractivity contribution in [1.82, 2.24) is 20.4 Å². The first-order valence-corrected chi connectivity index (χ1v) is 7.93. The van der Waals surface area contributed by atoms with Gasteiger partial charge in [-0.3, -0.25) is 0 Å². The number of hydrogen-bond acceptors (Lipinski definition) is 4. The van der Waals surface area contributed by atoms with Gasteiger partial charge in [-0.2, -0.15) is 4.98 Å². The van der Waals surface area contributed by atoms with E-state index in [0.717, 1.165) is 10.9 Å². The summed E-state index contributed by atoms with van der Waals surface area (Å²) in [5.41, 5.74) is 2.48. The van der Waals surface area contributed by atoms with Crippen LogP contribution in [0, 0.1) is 6.92 Å². The normalized spacial score (nSPS) is 17.2. The zero-order valence-electron chi connectivity index (χ0n) is 12.5. The van der Waals surface area contributed by atoms with Gasteiger partial charge in [0, 0.05) is 17.1 Å². The van der Waals surface area contributed by atoms with Crippen LogP contribution < -0.4 is 5.32 Å². The fourth-order valence-corrected chi connectivity index (χ4v) is 3.05. The Morgan fingerprint density at radius 1 is 1.50 bits per heavy atom. The molecule has 1 aliphatic heterocycles. The molecule has 2 aromatic rings. The van der Waals surface area contributed by atoms with Crippen molar-refractivity contribution in [2.75, 3.05) is 0 Å². The number of hydrogen-bond donors (Lipinski definition) is 1. The van der Waals surface area contributed by atoms with E-state index >= 15 is 0 Å². The van der Waals surface area contributed by atoms with E-state index < -0.39 is 0 Å². The van der Waals surface area contributed by atoms with Gasteiger partial charge in [-0.25, -0.2) is 4.79 Å². The lowest BCUT2D eigenvalue weighted by Crippen LogP contribution is -2.47. The smallest absolute Gasteiger partial charge is 0.318 e. The van der Waals surface area contributed by atoms with Gasteiger partial charge in [0.15, 0.2) is 5.82 Å². The number of aromatic nitrogens is 2. The third-order valence-corrected chi connectivity index (χ3v) is 4.27. The predicted octanol–water partition coefficient (Wildman–Crippen LogP) is 2.80. The molecule has 3 rings (SSSR count). The summed E-state index contributed by atoms with van der Waals surface area (Å²) in [5.74, 6) is 0.980. The van der Waals surface area contributed by atoms with E-state index in [0.29, 0.717) is 18.3 Å². The maximum atomic E-state index is 12.4. The molecule has 0 fully saturated rings. The van der Waals surface area contributed by atoms with E-state index in [9.17, 15) is 4.79 Å². The van der Waals surface area contributed by atoms with Crippen LogP contribution in [0.5, 0.6) is 0 Å². The van der Waals surface area contributed by atoms with Gasteiger partial charge in [0.2, 0.25) is 5.89 Å². The second-order valence-corrected chi connectivity index (χ2v) is 6.40. The van der Waals surface area contributed by atoms with E-state index in [1.54, 1.807) is 6.92 Å². The van der Waals surface area contributed by atoms with Crippen LogP contribution in [0.4, 0.5) is 4.79 Å². The SMILES string of the molecule is Cc1noc(CNC(=O)N2Cc3cc(Br)ccc3C[C@@H]2C)n1. The Morgan fingerprint density at radius 2 is 2.32 bits per heavy atom. The second-order valence-electron chi connectivity index (χ2n) is 5.49. The number of nitrogens with one attached hydrogen (secondary N) is 1. The molecule has 0 radical (unpaired) electrons. The molecule has 0 saturated heterocycles. The molecule has 0 saturated carbocycles. The van der Waals surface area contributed by atoms with Crippen LogP contribution >= 0.6 is 15.9 Å². The Balaban J connectivity index is 1.67. The van der Waals surface area contributed by atoms with Gasteiger partial charge >= 0.3 is 6.03 Å². The van der Waals surface area contributed by atoms with Gasteiger partial charge in [-0.15, -0.1) is 0 Å². The Morgan fingerprint density at radius 3 is 3.05 bits per heavy atom. The summed E-state index contributed by atoms with van der Waals surface area (Å²) in [7, 11) is 0. The lowest BCUT2D eigenvalue weighted by atomic mass is 9.95. The number of nitrogens with zero attached hydrogens (tertiary/aromatic N) is 3. The summed E-state index contributed by atoms with van der Waals surface area (Å²) in [6, 6.07) is 6.26. The maximum Gasteiger partial charge on any atom is 0.318 e. The van der Waals surface area contributed by atoms with Crippen LogP contribution in [0.15, 0.2) is 27.2 Å². The van der Waals surface area contributed by atoms with Gasteiger partial charge < -0.3 is 14.7 Å². The molecule has 0 spiro atoms. The summed E-state index contributed by atoms with van der Waals surface area (Å²) >= 11 is 3.48. The Kier molecular flexibility index (Phi) is 4.15. The van der Waals surface area contributed by atoms with Gasteiger partial charge in [0.1, 0.15) is 0 Å². The van der Waals surface area contributed by atoms with Crippen LogP contribution in [-0.4, -0.2) is 27.1 Å². The van der Waals surface area contributed by atoms with Crippen LogP contribution in [0.25, 0.3) is 0 Å². The van der Waals surface area contributed by atoms with Crippen LogP contribution in [0.1, 0.15) is 29.8 Å². The number of urea groups is 1. The molecule has 1 N–H and O–H groups in total. The van der Waals surface area contributed by atoms with E-state index in [4.69, 9.17) is 4.52 Å². The molecule has 2 amide bonds. The molecule has 1 aromatic carbocycles. The molecule has 0 aliphatic carbocycles. The highest BCUT2D eigenvalue weighted by Gasteiger charge is 2.26. The van der Waals surface area contributed by atoms with E-state index in [1.807, 2.05) is 11.0 Å². The molecule has 22 heavy (non-hydrogen) atoms. The molecule has 0 bridgehead atoms. The first-order chi connectivity index (χ1) is 10.5. The third kappa shape index (κ3) is 3.14. The number of fused-ring (bicyclic) bond motifs is 1. The minimum atomic E-state index is -0.117. The first kappa shape index (κ1) is 15.0. The number of amides is 2. The average Bonchev–Trinajstić information content (AvgIpc) is 2.90. The molecular weight excluding hydrogens is 348 g/mol. The monoisotopic (exact) mass is 364 g/mol. The van der Waals surface area contributed by atoms with Crippen LogP contribution in [0.2, 0.25) is 0 Å². The minimum Gasteiger partial charge on any atom is -0.337 e. The van der Waals surface area contributed by atoms with Crippen molar-refractivity contribution in [1.29, 1.82) is 0 Å². The predicted molar refractivity (Wildman–Crippen MR) is 84.1 cm³/mol. The number of carbonyl (C=O) groups excluding carboxylic acids is 1. The highest BCUT2D eigenvalue weighted by atomic mass is 79.9. The minimum absolute atomic E-state index is 0.117. The standard InChI is InChI=1S/C15H17BrN4O2/c1-9-5-11-3-4-13(16)6-12(11)8-20(9)15(21)17-7-14-18-10(2)19-22-14/h3-4,6,9H,5,7-8H2,1-2H3,(H,17,21)/t9-/m0/s1. The summed E-state index contributed by atoms with van der Waals surface area (Å²) in [6.07, 6.45) is 0.857. The quantitative estimate of drug-likeness (QED) is 0.889. The highest BCUT2D eigenvalue weighted by molar-refractivity contribution is 9.10. The van der Waals surface area contributed by atoms with Crippen LogP contribution in [0.3, 0.4) is 0 Å². The van der Waals surface area contributed by atoms with Crippen molar-refractivity contribution in [3.05, 3.63) is 45.5 Å². The maximum absolute atomic E-state index is 12.4. The topological polar surface area (TPSA) is 71.3 Å². The number of rotatable bonds is 2. The molecule has 6 nitrogen and oxygen atoms in total. The average molecular weight is 365 g/mol. The highest BCUT2D eigenvalue weighted by Crippen LogP contribution is 2.26. The van der Waals surface area contributed by atoms with Crippen molar-refractivity contribution in [2.24, 2.45) is 0 Å². The Bertz CT molecular complexity index is 701. The number of halogens is 1. The molecule has 116 valence electrons. The van der Waals surface area contributed by atoms with Crippen molar-refractivity contribution in [3.63, 3.8) is 0 Å². The summed E-state index contributed by atoms with van der Waals surface area (Å²) < 4.78 is 6.03. The van der Waals surface area contributed by atoms with E-state index in [-0.39, 0.29) is 18.6 Å². The van der Waals surface area contributed by atoms with Crippen molar-refractivity contribution < 1.29 is 9.32 Å². The molecule has 2 heterocycles. The van der Waals surface area contributed by atoms with Crippen LogP contribution in [-0.2, 0) is 19.5 Å². The lowest BCUT2D eigenvalue weighted by Gasteiger charge is -2.34. The number of aryl methyl sites for hydroxylation is 1. The fourth-order valence-electron chi connectivity index (χ4n) is 2.65. The molecule has 1 aliphatic rings. The zero-order chi connectivity index (χ0) is 15.7. The third-order valence-electron chi connectivity index (χ3n) is 3.78. The van der Waals surface area contributed by atoms with E-state index in [2.05, 4.69) is 50.4 Å². The van der Waals surface area contributed by atoms with Gasteiger partial charge in [-0.1, -0.05) is 27.2 Å². The Hall–Kier alpha value is -1.89. The van der Waals surface area contributed by atoms with E-state index in [1.165, 1.54) is 11.1 Å². The van der Waals surface area contributed by atoms with Gasteiger partial charge in [-0.05, 0) is 43.5 Å². The van der Waals surface area contributed by atoms with Crippen molar-refractivity contribution in [3.8, 4) is 0 Å². The van der Waals surface area contributed by atoms with Gasteiger partial charge in [0.25, 0.3) is 0 Å². The lowest BCUT2D eigenvalue weighted by molar-refractivity contribution is 0.167. The second kappa shape index (κ2) is 6.08. The van der Waals surface area contributed by atoms with Crippen molar-refractivity contribution in [2.45, 2.75) is 39.4 Å². The zero-order valence-corrected chi connectivity index (χ0v) is 14.1. The number of carbonyl (C=O) groups is 1. The summed E-state index contributed by atoms with van der Waals surface area (Å²) in [5, 5.41) is 6.54. The molecule has 1 aromatic heterocycles. The first-order valence-electron chi connectivity index (χ1n) is 7.14. The molecule has 0 unspecified atom stereocenters. The molecule has 7 heteroatoms. The fraction of sp³-hybridized carbons (Fsp3) is 0.400.